The van der Waals surface area contributed by atoms with Crippen LogP contribution in [0.1, 0.15) is 30.0 Å². The van der Waals surface area contributed by atoms with Crippen LogP contribution in [0.5, 0.6) is 0 Å². The van der Waals surface area contributed by atoms with Gasteiger partial charge < -0.3 is 10.0 Å². The monoisotopic (exact) mass is 274 g/mol. The fourth-order valence-electron chi connectivity index (χ4n) is 2.11. The zero-order valence-corrected chi connectivity index (χ0v) is 12.0. The quantitative estimate of drug-likeness (QED) is 0.930. The highest BCUT2D eigenvalue weighted by Gasteiger charge is 2.11. The van der Waals surface area contributed by atoms with Gasteiger partial charge in [-0.05, 0) is 43.7 Å². The molecule has 2 rings (SSSR count). The lowest BCUT2D eigenvalue weighted by Gasteiger charge is -2.20. The number of benzene rings is 1. The number of aromatic nitrogens is 1. The van der Waals surface area contributed by atoms with E-state index < -0.39 is 6.10 Å². The van der Waals surface area contributed by atoms with Crippen LogP contribution in [0.4, 0.5) is 10.1 Å². The van der Waals surface area contributed by atoms with Crippen molar-refractivity contribution in [3.63, 3.8) is 0 Å². The minimum Gasteiger partial charge on any atom is -0.389 e. The molecular weight excluding hydrogens is 255 g/mol. The van der Waals surface area contributed by atoms with Crippen LogP contribution in [0.25, 0.3) is 0 Å². The smallest absolute Gasteiger partial charge is 0.146 e. The Morgan fingerprint density at radius 3 is 2.65 bits per heavy atom. The molecule has 0 fully saturated rings. The van der Waals surface area contributed by atoms with Crippen molar-refractivity contribution in [2.45, 2.75) is 26.5 Å². The minimum absolute atomic E-state index is 0.335. The first kappa shape index (κ1) is 14.5. The zero-order valence-electron chi connectivity index (χ0n) is 12.0. The van der Waals surface area contributed by atoms with Crippen molar-refractivity contribution in [1.29, 1.82) is 0 Å². The second kappa shape index (κ2) is 6.01. The Morgan fingerprint density at radius 1 is 1.30 bits per heavy atom. The van der Waals surface area contributed by atoms with Gasteiger partial charge in [0.05, 0.1) is 24.0 Å². The maximum Gasteiger partial charge on any atom is 0.146 e. The highest BCUT2D eigenvalue weighted by Crippen LogP contribution is 2.23. The zero-order chi connectivity index (χ0) is 14.7. The van der Waals surface area contributed by atoms with Gasteiger partial charge >= 0.3 is 0 Å². The van der Waals surface area contributed by atoms with Crippen molar-refractivity contribution >= 4 is 5.69 Å². The summed E-state index contributed by atoms with van der Waals surface area (Å²) in [6.07, 6.45) is -0.665. The molecule has 0 aliphatic rings. The number of aliphatic hydroxyl groups is 1. The van der Waals surface area contributed by atoms with Crippen LogP contribution in [0, 0.1) is 12.7 Å². The van der Waals surface area contributed by atoms with E-state index in [-0.39, 0.29) is 5.82 Å². The Kier molecular flexibility index (Phi) is 4.35. The van der Waals surface area contributed by atoms with Crippen LogP contribution in [0.3, 0.4) is 0 Å². The molecule has 20 heavy (non-hydrogen) atoms. The normalized spacial score (nSPS) is 12.2. The maximum absolute atomic E-state index is 14.1. The van der Waals surface area contributed by atoms with Crippen molar-refractivity contribution in [2.75, 3.05) is 11.9 Å². The first-order chi connectivity index (χ1) is 9.47. The minimum atomic E-state index is -0.665. The first-order valence-electron chi connectivity index (χ1n) is 6.58. The predicted molar refractivity (Wildman–Crippen MR) is 78.1 cm³/mol. The van der Waals surface area contributed by atoms with Crippen LogP contribution in [0.2, 0.25) is 0 Å². The number of pyridine rings is 1. The van der Waals surface area contributed by atoms with E-state index in [4.69, 9.17) is 0 Å². The summed E-state index contributed by atoms with van der Waals surface area (Å²) in [5, 5.41) is 9.45. The molecule has 4 heteroatoms. The van der Waals surface area contributed by atoms with Gasteiger partial charge in [-0.3, -0.25) is 4.98 Å². The number of rotatable bonds is 4. The summed E-state index contributed by atoms with van der Waals surface area (Å²) in [6.45, 7) is 4.09. The lowest BCUT2D eigenvalue weighted by molar-refractivity contribution is 0.199. The molecule has 0 radical (unpaired) electrons. The van der Waals surface area contributed by atoms with Gasteiger partial charge in [0, 0.05) is 12.7 Å². The average molecular weight is 274 g/mol. The van der Waals surface area contributed by atoms with E-state index in [0.29, 0.717) is 17.8 Å². The molecule has 1 unspecified atom stereocenters. The lowest BCUT2D eigenvalue weighted by Crippen LogP contribution is -2.18. The van der Waals surface area contributed by atoms with E-state index in [1.807, 2.05) is 37.1 Å². The Morgan fingerprint density at radius 2 is 2.05 bits per heavy atom. The van der Waals surface area contributed by atoms with E-state index in [9.17, 15) is 9.50 Å². The highest BCUT2D eigenvalue weighted by atomic mass is 19.1. The van der Waals surface area contributed by atoms with Crippen molar-refractivity contribution in [1.82, 2.24) is 4.98 Å². The van der Waals surface area contributed by atoms with E-state index in [2.05, 4.69) is 4.98 Å². The Bertz CT molecular complexity index is 599. The predicted octanol–water partition coefficient (Wildman–Crippen LogP) is 3.22. The molecule has 3 nitrogen and oxygen atoms in total. The molecule has 1 aromatic heterocycles. The SMILES string of the molecule is Cc1cccc(CN(C)c2ccc(C(C)O)cc2F)n1. The Labute approximate surface area is 118 Å². The van der Waals surface area contributed by atoms with Crippen LogP contribution in [0.15, 0.2) is 36.4 Å². The summed E-state index contributed by atoms with van der Waals surface area (Å²) in [4.78, 5) is 6.22. The van der Waals surface area contributed by atoms with Gasteiger partial charge in [0.1, 0.15) is 5.82 Å². The second-order valence-corrected chi connectivity index (χ2v) is 5.01. The van der Waals surface area contributed by atoms with Crippen LogP contribution in [-0.4, -0.2) is 17.1 Å². The molecule has 0 saturated carbocycles. The summed E-state index contributed by atoms with van der Waals surface area (Å²) in [5.41, 5.74) is 2.92. The number of hydrogen-bond donors (Lipinski definition) is 1. The third kappa shape index (κ3) is 3.33. The molecule has 0 bridgehead atoms. The number of halogens is 1. The van der Waals surface area contributed by atoms with Gasteiger partial charge in [-0.1, -0.05) is 12.1 Å². The second-order valence-electron chi connectivity index (χ2n) is 5.01. The van der Waals surface area contributed by atoms with Crippen LogP contribution in [-0.2, 0) is 6.54 Å². The summed E-state index contributed by atoms with van der Waals surface area (Å²) < 4.78 is 14.1. The van der Waals surface area contributed by atoms with Gasteiger partial charge in [-0.15, -0.1) is 0 Å². The topological polar surface area (TPSA) is 36.4 Å². The van der Waals surface area contributed by atoms with Gasteiger partial charge in [0.15, 0.2) is 0 Å². The van der Waals surface area contributed by atoms with Crippen molar-refractivity contribution < 1.29 is 9.50 Å². The average Bonchev–Trinajstić information content (AvgIpc) is 2.38. The molecule has 0 saturated heterocycles. The summed E-state index contributed by atoms with van der Waals surface area (Å²) in [7, 11) is 1.82. The van der Waals surface area contributed by atoms with Crippen molar-refractivity contribution in [3.05, 3.63) is 59.2 Å². The maximum atomic E-state index is 14.1. The molecule has 1 heterocycles. The fourth-order valence-corrected chi connectivity index (χ4v) is 2.11. The Hall–Kier alpha value is -1.94. The van der Waals surface area contributed by atoms with E-state index in [1.54, 1.807) is 19.1 Å². The van der Waals surface area contributed by atoms with Gasteiger partial charge in [0.2, 0.25) is 0 Å². The molecule has 0 aliphatic carbocycles. The summed E-state index contributed by atoms with van der Waals surface area (Å²) in [6, 6.07) is 10.6. The van der Waals surface area contributed by atoms with Gasteiger partial charge in [-0.2, -0.15) is 0 Å². The number of hydrogen-bond acceptors (Lipinski definition) is 3. The highest BCUT2D eigenvalue weighted by molar-refractivity contribution is 5.49. The number of aliphatic hydroxyl groups excluding tert-OH is 1. The molecular formula is C16H19FN2O. The molecule has 0 aliphatic heterocycles. The Balaban J connectivity index is 2.19. The van der Waals surface area contributed by atoms with Crippen LogP contribution < -0.4 is 4.90 Å². The van der Waals surface area contributed by atoms with Gasteiger partial charge in [-0.25, -0.2) is 4.39 Å². The summed E-state index contributed by atoms with van der Waals surface area (Å²) in [5.74, 6) is -0.335. The third-order valence-corrected chi connectivity index (χ3v) is 3.21. The van der Waals surface area contributed by atoms with E-state index >= 15 is 0 Å². The fraction of sp³-hybridized carbons (Fsp3) is 0.312. The molecule has 1 aromatic carbocycles. The molecule has 0 amide bonds. The van der Waals surface area contributed by atoms with Crippen LogP contribution >= 0.6 is 0 Å². The number of nitrogens with zero attached hydrogens (tertiary/aromatic N) is 2. The lowest BCUT2D eigenvalue weighted by atomic mass is 10.1. The molecule has 106 valence electrons. The molecule has 1 N–H and O–H groups in total. The largest absolute Gasteiger partial charge is 0.389 e. The van der Waals surface area contributed by atoms with Crippen molar-refractivity contribution in [3.8, 4) is 0 Å². The van der Waals surface area contributed by atoms with E-state index in [0.717, 1.165) is 11.4 Å². The third-order valence-electron chi connectivity index (χ3n) is 3.21. The molecule has 2 aromatic rings. The standard InChI is InChI=1S/C16H19FN2O/c1-11-5-4-6-14(18-11)10-19(3)16-8-7-13(12(2)20)9-15(16)17/h4-9,12,20H,10H2,1-3H3. The summed E-state index contributed by atoms with van der Waals surface area (Å²) >= 11 is 0. The number of aryl methyl sites for hydroxylation is 1. The number of anilines is 1. The molecule has 1 atom stereocenters. The first-order valence-corrected chi connectivity index (χ1v) is 6.58. The van der Waals surface area contributed by atoms with Crippen molar-refractivity contribution in [2.24, 2.45) is 0 Å². The van der Waals surface area contributed by atoms with E-state index in [1.165, 1.54) is 6.07 Å². The van der Waals surface area contributed by atoms with Gasteiger partial charge in [0.25, 0.3) is 0 Å². The molecule has 0 spiro atoms.